The highest BCUT2D eigenvalue weighted by atomic mass is 19.1. The van der Waals surface area contributed by atoms with E-state index >= 15 is 4.39 Å². The first-order valence-electron chi connectivity index (χ1n) is 9.19. The number of nitrogens with two attached hydrogens (primary N) is 1. The minimum atomic E-state index is -1.17. The normalized spacial score (nSPS) is 28.4. The van der Waals surface area contributed by atoms with E-state index in [2.05, 4.69) is 22.9 Å². The monoisotopic (exact) mass is 354 g/mol. The molecule has 3 unspecified atom stereocenters. The molecule has 4 nitrogen and oxygen atoms in total. The van der Waals surface area contributed by atoms with Gasteiger partial charge in [-0.15, -0.1) is 0 Å². The average molecular weight is 354 g/mol. The van der Waals surface area contributed by atoms with E-state index in [4.69, 9.17) is 5.73 Å². The number of hydrogen-bond acceptors (Lipinski definition) is 4. The van der Waals surface area contributed by atoms with Gasteiger partial charge in [0.05, 0.1) is 12.1 Å². The van der Waals surface area contributed by atoms with Crippen molar-refractivity contribution in [2.24, 2.45) is 11.1 Å². The molecule has 0 radical (unpaired) electrons. The first kappa shape index (κ1) is 18.8. The smallest absolute Gasteiger partial charge is 0.129 e. The van der Waals surface area contributed by atoms with E-state index in [1.807, 2.05) is 42.5 Å². The molecular formula is C21H27FN4. The lowest BCUT2D eigenvalue weighted by Crippen LogP contribution is -2.51. The molecule has 0 saturated carbocycles. The van der Waals surface area contributed by atoms with E-state index in [-0.39, 0.29) is 0 Å². The number of alkyl halides is 1. The largest absolute Gasteiger partial charge is 0.316 e. The van der Waals surface area contributed by atoms with Crippen molar-refractivity contribution in [2.45, 2.75) is 18.6 Å². The minimum absolute atomic E-state index is 0.325. The molecule has 26 heavy (non-hydrogen) atoms. The molecule has 2 aliphatic rings. The van der Waals surface area contributed by atoms with Crippen LogP contribution < -0.4 is 5.73 Å². The second-order valence-corrected chi connectivity index (χ2v) is 7.48. The van der Waals surface area contributed by atoms with Gasteiger partial charge in [0, 0.05) is 38.1 Å². The summed E-state index contributed by atoms with van der Waals surface area (Å²) in [5.41, 5.74) is 7.06. The van der Waals surface area contributed by atoms with Gasteiger partial charge >= 0.3 is 0 Å². The van der Waals surface area contributed by atoms with Gasteiger partial charge in [-0.25, -0.2) is 4.39 Å². The molecule has 0 bridgehead atoms. The number of likely N-dealkylation sites (N-methyl/N-ethyl adjacent to an activating group) is 1. The van der Waals surface area contributed by atoms with Gasteiger partial charge in [0.1, 0.15) is 6.17 Å². The third-order valence-corrected chi connectivity index (χ3v) is 5.46. The van der Waals surface area contributed by atoms with E-state index in [9.17, 15) is 5.26 Å². The molecular weight excluding hydrogens is 327 g/mol. The van der Waals surface area contributed by atoms with Gasteiger partial charge in [-0.3, -0.25) is 4.90 Å². The molecule has 2 N–H and O–H groups in total. The van der Waals surface area contributed by atoms with Crippen molar-refractivity contribution in [3.63, 3.8) is 0 Å². The van der Waals surface area contributed by atoms with Crippen molar-refractivity contribution in [1.82, 2.24) is 9.80 Å². The summed E-state index contributed by atoms with van der Waals surface area (Å²) in [6.45, 7) is 4.37. The number of allylic oxidation sites excluding steroid dienone is 3. The van der Waals surface area contributed by atoms with Crippen LogP contribution in [-0.4, -0.2) is 61.8 Å². The highest BCUT2D eigenvalue weighted by Gasteiger charge is 2.41. The maximum atomic E-state index is 15.4. The summed E-state index contributed by atoms with van der Waals surface area (Å²) in [4.78, 5) is 4.57. The second-order valence-electron chi connectivity index (χ2n) is 7.48. The first-order chi connectivity index (χ1) is 12.5. The molecule has 1 aliphatic heterocycles. The molecule has 0 amide bonds. The predicted octanol–water partition coefficient (Wildman–Crippen LogP) is 2.45. The molecule has 1 aromatic carbocycles. The number of nitrogens with zero attached hydrogens (tertiary/aromatic N) is 3. The van der Waals surface area contributed by atoms with Gasteiger partial charge in [0.2, 0.25) is 0 Å². The highest BCUT2D eigenvalue weighted by Crippen LogP contribution is 2.40. The van der Waals surface area contributed by atoms with Crippen molar-refractivity contribution >= 4 is 5.57 Å². The van der Waals surface area contributed by atoms with E-state index in [0.717, 1.165) is 37.3 Å². The molecule has 1 aromatic rings. The van der Waals surface area contributed by atoms with Crippen molar-refractivity contribution in [3.8, 4) is 6.07 Å². The van der Waals surface area contributed by atoms with Gasteiger partial charge in [-0.2, -0.15) is 5.26 Å². The lowest BCUT2D eigenvalue weighted by atomic mass is 9.73. The van der Waals surface area contributed by atoms with E-state index in [1.54, 1.807) is 6.08 Å². The second kappa shape index (κ2) is 8.13. The number of nitriles is 1. The van der Waals surface area contributed by atoms with Crippen LogP contribution in [0.5, 0.6) is 0 Å². The van der Waals surface area contributed by atoms with E-state index < -0.39 is 17.6 Å². The predicted molar refractivity (Wildman–Crippen MR) is 103 cm³/mol. The Morgan fingerprint density at radius 2 is 1.96 bits per heavy atom. The third-order valence-electron chi connectivity index (χ3n) is 5.46. The number of halogens is 1. The third kappa shape index (κ3) is 4.21. The Morgan fingerprint density at radius 1 is 1.27 bits per heavy atom. The molecule has 1 heterocycles. The van der Waals surface area contributed by atoms with Gasteiger partial charge in [0.25, 0.3) is 0 Å². The summed E-state index contributed by atoms with van der Waals surface area (Å²) in [7, 11) is 2.10. The fourth-order valence-electron chi connectivity index (χ4n) is 3.81. The highest BCUT2D eigenvalue weighted by molar-refractivity contribution is 5.75. The first-order valence-corrected chi connectivity index (χ1v) is 9.19. The van der Waals surface area contributed by atoms with Crippen LogP contribution in [0.2, 0.25) is 0 Å². The molecule has 0 spiro atoms. The topological polar surface area (TPSA) is 56.3 Å². The standard InChI is InChI=1S/C21H27FN4/c1-25-9-11-26(12-10-25)16-21(14-19(24)15-23)8-7-18(13-20(21)22)17-5-3-2-4-6-17/h2-8,13,19-20H,9-12,14,16,24H2,1H3. The zero-order valence-corrected chi connectivity index (χ0v) is 15.3. The van der Waals surface area contributed by atoms with E-state index in [1.165, 1.54) is 0 Å². The van der Waals surface area contributed by atoms with Crippen LogP contribution in [0.3, 0.4) is 0 Å². The maximum absolute atomic E-state index is 15.4. The van der Waals surface area contributed by atoms with Crippen LogP contribution in [0.1, 0.15) is 12.0 Å². The summed E-state index contributed by atoms with van der Waals surface area (Å²) in [5.74, 6) is 0. The lowest BCUT2D eigenvalue weighted by molar-refractivity contribution is 0.0754. The van der Waals surface area contributed by atoms with Crippen molar-refractivity contribution in [3.05, 3.63) is 54.1 Å². The Kier molecular flexibility index (Phi) is 5.87. The molecule has 3 atom stereocenters. The Bertz CT molecular complexity index is 700. The molecule has 1 saturated heterocycles. The van der Waals surface area contributed by atoms with Crippen LogP contribution in [0, 0.1) is 16.7 Å². The molecule has 1 fully saturated rings. The Morgan fingerprint density at radius 3 is 2.58 bits per heavy atom. The van der Waals surface area contributed by atoms with Crippen LogP contribution in [0.25, 0.3) is 5.57 Å². The summed E-state index contributed by atoms with van der Waals surface area (Å²) < 4.78 is 15.4. The van der Waals surface area contributed by atoms with Crippen LogP contribution in [0.15, 0.2) is 48.6 Å². The summed E-state index contributed by atoms with van der Waals surface area (Å²) in [6.07, 6.45) is 4.80. The summed E-state index contributed by atoms with van der Waals surface area (Å²) >= 11 is 0. The molecule has 1 aliphatic carbocycles. The fraction of sp³-hybridized carbons (Fsp3) is 0.476. The van der Waals surface area contributed by atoms with Crippen LogP contribution in [0.4, 0.5) is 4.39 Å². The molecule has 5 heteroatoms. The Hall–Kier alpha value is -2.00. The average Bonchev–Trinajstić information content (AvgIpc) is 2.66. The summed E-state index contributed by atoms with van der Waals surface area (Å²) in [5, 5.41) is 9.18. The fourth-order valence-corrected chi connectivity index (χ4v) is 3.81. The van der Waals surface area contributed by atoms with Gasteiger partial charge in [-0.05, 0) is 30.7 Å². The maximum Gasteiger partial charge on any atom is 0.129 e. The van der Waals surface area contributed by atoms with Gasteiger partial charge in [0.15, 0.2) is 0 Å². The lowest BCUT2D eigenvalue weighted by Gasteiger charge is -2.42. The Balaban J connectivity index is 1.82. The van der Waals surface area contributed by atoms with Crippen molar-refractivity contribution in [2.75, 3.05) is 39.8 Å². The number of piperazine rings is 1. The van der Waals surface area contributed by atoms with E-state index in [0.29, 0.717) is 13.0 Å². The molecule has 3 rings (SSSR count). The van der Waals surface area contributed by atoms with Crippen LogP contribution in [-0.2, 0) is 0 Å². The quantitative estimate of drug-likeness (QED) is 0.882. The molecule has 138 valence electrons. The number of benzene rings is 1. The minimum Gasteiger partial charge on any atom is -0.316 e. The Labute approximate surface area is 155 Å². The van der Waals surface area contributed by atoms with Crippen molar-refractivity contribution < 1.29 is 4.39 Å². The van der Waals surface area contributed by atoms with Crippen LogP contribution >= 0.6 is 0 Å². The molecule has 0 aromatic heterocycles. The zero-order chi connectivity index (χ0) is 18.6. The van der Waals surface area contributed by atoms with Gasteiger partial charge in [-0.1, -0.05) is 42.5 Å². The number of rotatable bonds is 5. The number of hydrogen-bond donors (Lipinski definition) is 1. The SMILES string of the molecule is CN1CCN(CC2(CC(N)C#N)C=CC(c3ccccc3)=CC2F)CC1. The summed E-state index contributed by atoms with van der Waals surface area (Å²) in [6, 6.07) is 11.2. The zero-order valence-electron chi connectivity index (χ0n) is 15.3. The van der Waals surface area contributed by atoms with Gasteiger partial charge < -0.3 is 10.6 Å². The van der Waals surface area contributed by atoms with Crippen molar-refractivity contribution in [1.29, 1.82) is 5.26 Å².